The zero-order chi connectivity index (χ0) is 27.1. The molecule has 0 spiro atoms. The number of rotatable bonds is 6. The largest absolute Gasteiger partial charge is 0.508 e. The fraction of sp³-hybridized carbons (Fsp3) is 0.212. The van der Waals surface area contributed by atoms with Crippen molar-refractivity contribution in [3.63, 3.8) is 0 Å². The lowest BCUT2D eigenvalue weighted by Crippen LogP contribution is -2.29. The number of hydrogen-bond acceptors (Lipinski definition) is 4. The summed E-state index contributed by atoms with van der Waals surface area (Å²) in [5, 5.41) is 26.9. The summed E-state index contributed by atoms with van der Waals surface area (Å²) in [5.74, 6) is 1.22. The van der Waals surface area contributed by atoms with E-state index in [0.717, 1.165) is 30.6 Å². The Balaban J connectivity index is 0.000000317. The van der Waals surface area contributed by atoms with Gasteiger partial charge >= 0.3 is 7.12 Å². The molecular formula is C33H35BO4. The molecule has 0 aromatic heterocycles. The van der Waals surface area contributed by atoms with Gasteiger partial charge in [-0.25, -0.2) is 0 Å². The third-order valence-electron chi connectivity index (χ3n) is 6.91. The molecule has 1 aliphatic carbocycles. The maximum absolute atomic E-state index is 9.77. The number of fused-ring (bicyclic) bond motifs is 1. The highest BCUT2D eigenvalue weighted by Crippen LogP contribution is 2.42. The van der Waals surface area contributed by atoms with E-state index in [1.54, 1.807) is 36.4 Å². The van der Waals surface area contributed by atoms with Gasteiger partial charge in [0.25, 0.3) is 0 Å². The molecule has 5 heteroatoms. The second kappa shape index (κ2) is 12.2. The number of allylic oxidation sites excluding steroid dienone is 1. The van der Waals surface area contributed by atoms with E-state index < -0.39 is 7.12 Å². The average molecular weight is 506 g/mol. The molecule has 38 heavy (non-hydrogen) atoms. The average Bonchev–Trinajstić information content (AvgIpc) is 2.94. The van der Waals surface area contributed by atoms with Crippen LogP contribution in [0.15, 0.2) is 103 Å². The minimum Gasteiger partial charge on any atom is -0.508 e. The maximum atomic E-state index is 9.77. The number of aryl methyl sites for hydroxylation is 1. The van der Waals surface area contributed by atoms with Crippen LogP contribution in [0.1, 0.15) is 55.9 Å². The molecule has 0 bridgehead atoms. The highest BCUT2D eigenvalue weighted by atomic mass is 16.5. The van der Waals surface area contributed by atoms with Gasteiger partial charge < -0.3 is 19.9 Å². The fourth-order valence-electron chi connectivity index (χ4n) is 4.53. The van der Waals surface area contributed by atoms with Gasteiger partial charge in [-0.05, 0) is 96.2 Å². The number of phenols is 1. The van der Waals surface area contributed by atoms with Crippen LogP contribution < -0.4 is 10.2 Å². The van der Waals surface area contributed by atoms with Gasteiger partial charge in [-0.3, -0.25) is 0 Å². The van der Waals surface area contributed by atoms with Gasteiger partial charge in [0, 0.05) is 0 Å². The zero-order valence-electron chi connectivity index (χ0n) is 22.3. The van der Waals surface area contributed by atoms with Gasteiger partial charge in [-0.1, -0.05) is 85.8 Å². The van der Waals surface area contributed by atoms with Crippen LogP contribution in [0.3, 0.4) is 0 Å². The summed E-state index contributed by atoms with van der Waals surface area (Å²) in [6.07, 6.45) is 2.93. The summed E-state index contributed by atoms with van der Waals surface area (Å²) >= 11 is 0. The third-order valence-corrected chi connectivity index (χ3v) is 6.91. The second-order valence-electron chi connectivity index (χ2n) is 10.1. The van der Waals surface area contributed by atoms with E-state index in [-0.39, 0.29) is 11.4 Å². The van der Waals surface area contributed by atoms with Gasteiger partial charge in [0.05, 0.1) is 0 Å². The van der Waals surface area contributed by atoms with E-state index in [1.165, 1.54) is 27.8 Å². The predicted octanol–water partition coefficient (Wildman–Crippen LogP) is 6.23. The Labute approximate surface area is 226 Å². The van der Waals surface area contributed by atoms with Gasteiger partial charge in [0.1, 0.15) is 17.1 Å². The molecule has 0 heterocycles. The number of aromatic hydroxyl groups is 1. The first-order valence-corrected chi connectivity index (χ1v) is 13.1. The van der Waals surface area contributed by atoms with Crippen molar-refractivity contribution in [2.45, 2.75) is 45.6 Å². The van der Waals surface area contributed by atoms with Crippen molar-refractivity contribution >= 4 is 23.7 Å². The minimum atomic E-state index is -1.34. The third kappa shape index (κ3) is 6.74. The first-order valence-electron chi connectivity index (χ1n) is 13.1. The van der Waals surface area contributed by atoms with Crippen LogP contribution in [0.2, 0.25) is 0 Å². The molecule has 0 saturated heterocycles. The molecule has 0 saturated carbocycles. The number of hydrogen-bond donors (Lipinski definition) is 3. The molecular weight excluding hydrogens is 471 g/mol. The van der Waals surface area contributed by atoms with Crippen LogP contribution in [0.4, 0.5) is 0 Å². The lowest BCUT2D eigenvalue weighted by Gasteiger charge is -2.28. The molecule has 4 aromatic carbocycles. The van der Waals surface area contributed by atoms with Crippen LogP contribution in [0.25, 0.3) is 11.1 Å². The Morgan fingerprint density at radius 3 is 1.97 bits per heavy atom. The summed E-state index contributed by atoms with van der Waals surface area (Å²) in [5.41, 5.74) is 7.91. The van der Waals surface area contributed by atoms with E-state index >= 15 is 0 Å². The quantitative estimate of drug-likeness (QED) is 0.271. The van der Waals surface area contributed by atoms with Gasteiger partial charge in [-0.15, -0.1) is 0 Å². The Morgan fingerprint density at radius 1 is 0.763 bits per heavy atom. The summed E-state index contributed by atoms with van der Waals surface area (Å²) in [7, 11) is -1.34. The molecule has 3 N–H and O–H groups in total. The first-order chi connectivity index (χ1) is 18.3. The summed E-state index contributed by atoms with van der Waals surface area (Å²) in [4.78, 5) is 0. The highest BCUT2D eigenvalue weighted by Gasteiger charge is 2.23. The van der Waals surface area contributed by atoms with Crippen molar-refractivity contribution in [1.29, 1.82) is 0 Å². The van der Waals surface area contributed by atoms with E-state index in [1.807, 2.05) is 18.2 Å². The monoisotopic (exact) mass is 506 g/mol. The topological polar surface area (TPSA) is 69.9 Å². The van der Waals surface area contributed by atoms with E-state index in [4.69, 9.17) is 14.8 Å². The van der Waals surface area contributed by atoms with Crippen molar-refractivity contribution < 1.29 is 19.9 Å². The van der Waals surface area contributed by atoms with Gasteiger partial charge in [0.15, 0.2) is 0 Å². The van der Waals surface area contributed by atoms with Gasteiger partial charge in [-0.2, -0.15) is 0 Å². The lowest BCUT2D eigenvalue weighted by molar-refractivity contribution is 0.105. The number of ether oxygens (including phenoxy) is 1. The van der Waals surface area contributed by atoms with E-state index in [9.17, 15) is 5.11 Å². The maximum Gasteiger partial charge on any atom is 0.488 e. The Kier molecular flexibility index (Phi) is 8.72. The molecule has 5 rings (SSSR count). The van der Waals surface area contributed by atoms with Crippen molar-refractivity contribution in [3.8, 4) is 11.5 Å². The summed E-state index contributed by atoms with van der Waals surface area (Å²) < 4.78 is 6.24. The molecule has 0 aliphatic heterocycles. The number of phenolic OH excluding ortho intramolecular Hbond substituents is 1. The van der Waals surface area contributed by atoms with Crippen molar-refractivity contribution in [2.75, 3.05) is 0 Å². The molecule has 0 radical (unpaired) electrons. The SMILES string of the molecule is CCC(C)(C)Oc1ccc2c(c1)CCC(c1ccccc1)=C2c1ccc(O)cc1.OB(O)c1ccccc1. The highest BCUT2D eigenvalue weighted by molar-refractivity contribution is 6.58. The molecule has 0 amide bonds. The van der Waals surface area contributed by atoms with Crippen molar-refractivity contribution in [2.24, 2.45) is 0 Å². The standard InChI is InChI=1S/C27H28O2.C6H7BO2/c1-4-27(2,3)29-23-15-17-25-21(18-23)12-16-24(19-8-6-5-7-9-19)26(25)20-10-13-22(28)14-11-20;8-7(9)6-4-2-1-3-5-6/h5-11,13-15,17-18,28H,4,12,16H2,1-3H3;1-5,8-9H. The van der Waals surface area contributed by atoms with Crippen molar-refractivity contribution in [1.82, 2.24) is 0 Å². The molecule has 1 aliphatic rings. The predicted molar refractivity (Wildman–Crippen MR) is 156 cm³/mol. The zero-order valence-corrected chi connectivity index (χ0v) is 22.3. The first kappa shape index (κ1) is 27.2. The minimum absolute atomic E-state index is 0.173. The summed E-state index contributed by atoms with van der Waals surface area (Å²) in [6, 6.07) is 33.3. The Hall–Kier alpha value is -3.80. The van der Waals surface area contributed by atoms with Crippen LogP contribution in [-0.2, 0) is 6.42 Å². The molecule has 0 atom stereocenters. The smallest absolute Gasteiger partial charge is 0.488 e. The number of benzene rings is 4. The Morgan fingerprint density at radius 2 is 1.39 bits per heavy atom. The molecule has 4 nitrogen and oxygen atoms in total. The van der Waals surface area contributed by atoms with E-state index in [2.05, 4.69) is 69.3 Å². The van der Waals surface area contributed by atoms with Crippen LogP contribution in [-0.4, -0.2) is 27.9 Å². The van der Waals surface area contributed by atoms with Crippen LogP contribution in [0, 0.1) is 0 Å². The summed E-state index contributed by atoms with van der Waals surface area (Å²) in [6.45, 7) is 6.40. The molecule has 4 aromatic rings. The van der Waals surface area contributed by atoms with Crippen LogP contribution >= 0.6 is 0 Å². The van der Waals surface area contributed by atoms with Crippen LogP contribution in [0.5, 0.6) is 11.5 Å². The molecule has 0 unspecified atom stereocenters. The second-order valence-corrected chi connectivity index (χ2v) is 10.1. The molecule has 194 valence electrons. The Bertz CT molecular complexity index is 1360. The normalized spacial score (nSPS) is 12.8. The van der Waals surface area contributed by atoms with Gasteiger partial charge in [0.2, 0.25) is 0 Å². The van der Waals surface area contributed by atoms with Crippen molar-refractivity contribution in [3.05, 3.63) is 125 Å². The van der Waals surface area contributed by atoms with E-state index in [0.29, 0.717) is 5.46 Å². The lowest BCUT2D eigenvalue weighted by atomic mass is 9.79. The fourth-order valence-corrected chi connectivity index (χ4v) is 4.53. The molecule has 0 fully saturated rings.